The summed E-state index contributed by atoms with van der Waals surface area (Å²) < 4.78 is 41.8. The maximum atomic E-state index is 12.8. The van der Waals surface area contributed by atoms with E-state index in [9.17, 15) is 22.9 Å². The maximum absolute atomic E-state index is 12.8. The Morgan fingerprint density at radius 1 is 1.25 bits per heavy atom. The van der Waals surface area contributed by atoms with Crippen LogP contribution in [0.3, 0.4) is 0 Å². The largest absolute Gasteiger partial charge is 0.489 e. The number of aromatic nitrogens is 1. The molecule has 0 N–H and O–H groups in total. The molecule has 7 nitrogen and oxygen atoms in total. The molecular formula is C15H13FN2O5S. The number of rotatable bonds is 6. The Morgan fingerprint density at radius 3 is 2.50 bits per heavy atom. The van der Waals surface area contributed by atoms with Crippen molar-refractivity contribution in [2.45, 2.75) is 5.75 Å². The molecule has 0 fully saturated rings. The van der Waals surface area contributed by atoms with Crippen LogP contribution in [-0.2, 0) is 15.6 Å². The van der Waals surface area contributed by atoms with Crippen molar-refractivity contribution >= 4 is 21.7 Å². The van der Waals surface area contributed by atoms with Crippen molar-refractivity contribution in [3.8, 4) is 5.75 Å². The molecule has 1 heterocycles. The smallest absolute Gasteiger partial charge is 0.406 e. The number of methoxy groups -OCH3 is 1. The van der Waals surface area contributed by atoms with Crippen LogP contribution in [0.15, 0.2) is 41.8 Å². The van der Waals surface area contributed by atoms with Gasteiger partial charge in [0.2, 0.25) is 5.75 Å². The molecule has 24 heavy (non-hydrogen) atoms. The Morgan fingerprint density at radius 2 is 1.92 bits per heavy atom. The van der Waals surface area contributed by atoms with Gasteiger partial charge in [0.25, 0.3) is 0 Å². The molecule has 0 aliphatic rings. The van der Waals surface area contributed by atoms with Gasteiger partial charge in [0.05, 0.1) is 7.11 Å². The first-order valence-electron chi connectivity index (χ1n) is 6.65. The van der Waals surface area contributed by atoms with Gasteiger partial charge < -0.3 is 14.9 Å². The molecular weight excluding hydrogens is 339 g/mol. The lowest BCUT2D eigenvalue weighted by Crippen LogP contribution is -2.05. The third-order valence-electron chi connectivity index (χ3n) is 2.98. The van der Waals surface area contributed by atoms with Gasteiger partial charge in [0, 0.05) is 5.41 Å². The second-order valence-electron chi connectivity index (χ2n) is 4.75. The monoisotopic (exact) mass is 352 g/mol. The summed E-state index contributed by atoms with van der Waals surface area (Å²) in [4.78, 5) is 13.9. The van der Waals surface area contributed by atoms with Gasteiger partial charge in [-0.25, -0.2) is 12.8 Å². The molecule has 2 rings (SSSR count). The van der Waals surface area contributed by atoms with Crippen LogP contribution < -0.4 is 4.74 Å². The van der Waals surface area contributed by atoms with Gasteiger partial charge in [-0.15, -0.1) is 0 Å². The van der Waals surface area contributed by atoms with Gasteiger partial charge in [-0.05, 0) is 45.8 Å². The first kappa shape index (κ1) is 17.5. The van der Waals surface area contributed by atoms with Gasteiger partial charge in [-0.2, -0.15) is 0 Å². The standard InChI is InChI=1S/C15H13FN2O5S/c1-23-14-7-6-13(17-15(14)18(19)20)10-24(21,22)9-8-11-2-4-12(16)5-3-11/h2-9H,10H2,1H3/b9-8+. The van der Waals surface area contributed by atoms with Crippen LogP contribution in [0.5, 0.6) is 5.75 Å². The number of nitro groups is 1. The van der Waals surface area contributed by atoms with Crippen molar-refractivity contribution in [2.75, 3.05) is 7.11 Å². The number of halogens is 1. The molecule has 0 saturated heterocycles. The lowest BCUT2D eigenvalue weighted by atomic mass is 10.2. The van der Waals surface area contributed by atoms with Crippen LogP contribution in [-0.4, -0.2) is 25.4 Å². The number of hydrogen-bond acceptors (Lipinski definition) is 6. The number of hydrogen-bond donors (Lipinski definition) is 0. The SMILES string of the molecule is COc1ccc(CS(=O)(=O)/C=C/c2ccc(F)cc2)nc1[N+](=O)[O-]. The molecule has 0 radical (unpaired) electrons. The van der Waals surface area contributed by atoms with Crippen molar-refractivity contribution in [3.05, 3.63) is 69.0 Å². The molecule has 1 aromatic heterocycles. The Bertz CT molecular complexity index is 879. The summed E-state index contributed by atoms with van der Waals surface area (Å²) in [6.07, 6.45) is 1.31. The van der Waals surface area contributed by atoms with Crippen molar-refractivity contribution in [1.82, 2.24) is 4.98 Å². The van der Waals surface area contributed by atoms with E-state index < -0.39 is 32.1 Å². The van der Waals surface area contributed by atoms with Crippen LogP contribution in [0.25, 0.3) is 6.08 Å². The zero-order valence-electron chi connectivity index (χ0n) is 12.5. The van der Waals surface area contributed by atoms with E-state index in [0.717, 1.165) is 5.41 Å². The van der Waals surface area contributed by atoms with Gasteiger partial charge >= 0.3 is 5.82 Å². The summed E-state index contributed by atoms with van der Waals surface area (Å²) in [7, 11) is -2.45. The van der Waals surface area contributed by atoms with Crippen molar-refractivity contribution in [2.24, 2.45) is 0 Å². The zero-order chi connectivity index (χ0) is 17.7. The molecule has 126 valence electrons. The topological polar surface area (TPSA) is 99.4 Å². The molecule has 0 bridgehead atoms. The Labute approximate surface area is 137 Å². The van der Waals surface area contributed by atoms with Gasteiger partial charge in [-0.3, -0.25) is 0 Å². The minimum atomic E-state index is -3.71. The molecule has 0 amide bonds. The first-order valence-corrected chi connectivity index (χ1v) is 8.37. The molecule has 0 unspecified atom stereocenters. The Hall–Kier alpha value is -2.81. The van der Waals surface area contributed by atoms with E-state index in [4.69, 9.17) is 4.74 Å². The lowest BCUT2D eigenvalue weighted by Gasteiger charge is -2.02. The van der Waals surface area contributed by atoms with Crippen LogP contribution in [0, 0.1) is 15.9 Å². The predicted octanol–water partition coefficient (Wildman–Crippen LogP) is 2.72. The fraction of sp³-hybridized carbons (Fsp3) is 0.133. The average molecular weight is 352 g/mol. The third-order valence-corrected chi connectivity index (χ3v) is 4.23. The molecule has 0 aliphatic heterocycles. The summed E-state index contributed by atoms with van der Waals surface area (Å²) in [5.41, 5.74) is 0.528. The minimum absolute atomic E-state index is 0.0197. The maximum Gasteiger partial charge on any atom is 0.406 e. The van der Waals surface area contributed by atoms with Crippen molar-refractivity contribution in [1.29, 1.82) is 0 Å². The second-order valence-corrected chi connectivity index (χ2v) is 6.63. The lowest BCUT2D eigenvalue weighted by molar-refractivity contribution is -0.390. The highest BCUT2D eigenvalue weighted by atomic mass is 32.2. The predicted molar refractivity (Wildman–Crippen MR) is 85.5 cm³/mol. The number of nitrogens with zero attached hydrogens (tertiary/aromatic N) is 2. The fourth-order valence-electron chi connectivity index (χ4n) is 1.86. The van der Waals surface area contributed by atoms with Gasteiger partial charge in [0.1, 0.15) is 11.6 Å². The van der Waals surface area contributed by atoms with Gasteiger partial charge in [-0.1, -0.05) is 12.1 Å². The summed E-state index contributed by atoms with van der Waals surface area (Å²) >= 11 is 0. The molecule has 2 aromatic rings. The normalized spacial score (nSPS) is 11.6. The quantitative estimate of drug-likeness (QED) is 0.585. The highest BCUT2D eigenvalue weighted by Crippen LogP contribution is 2.24. The second kappa shape index (κ2) is 7.18. The molecule has 9 heteroatoms. The van der Waals surface area contributed by atoms with E-state index in [-0.39, 0.29) is 11.4 Å². The number of pyridine rings is 1. The van der Waals surface area contributed by atoms with Crippen LogP contribution in [0.1, 0.15) is 11.3 Å². The number of sulfone groups is 1. The molecule has 1 aromatic carbocycles. The summed E-state index contributed by atoms with van der Waals surface area (Å²) in [5, 5.41) is 11.9. The van der Waals surface area contributed by atoms with E-state index in [2.05, 4.69) is 4.98 Å². The van der Waals surface area contributed by atoms with Crippen molar-refractivity contribution in [3.63, 3.8) is 0 Å². The van der Waals surface area contributed by atoms with E-state index in [1.165, 1.54) is 49.6 Å². The fourth-order valence-corrected chi connectivity index (χ4v) is 2.89. The van der Waals surface area contributed by atoms with Crippen LogP contribution in [0.4, 0.5) is 10.2 Å². The van der Waals surface area contributed by atoms with E-state index in [0.29, 0.717) is 5.56 Å². The molecule has 0 atom stereocenters. The Balaban J connectivity index is 2.21. The van der Waals surface area contributed by atoms with E-state index in [1.807, 2.05) is 0 Å². The third kappa shape index (κ3) is 4.59. The number of ether oxygens (including phenoxy) is 1. The molecule has 0 aliphatic carbocycles. The van der Waals surface area contributed by atoms with E-state index in [1.54, 1.807) is 0 Å². The van der Waals surface area contributed by atoms with E-state index >= 15 is 0 Å². The molecule has 0 saturated carbocycles. The van der Waals surface area contributed by atoms with Crippen LogP contribution >= 0.6 is 0 Å². The van der Waals surface area contributed by atoms with Crippen LogP contribution in [0.2, 0.25) is 0 Å². The average Bonchev–Trinajstić information content (AvgIpc) is 2.54. The Kier molecular flexibility index (Phi) is 5.24. The molecule has 0 spiro atoms. The van der Waals surface area contributed by atoms with Crippen molar-refractivity contribution < 1.29 is 22.5 Å². The van der Waals surface area contributed by atoms with Gasteiger partial charge in [0.15, 0.2) is 15.5 Å². The summed E-state index contributed by atoms with van der Waals surface area (Å²) in [5.74, 6) is -1.53. The zero-order valence-corrected chi connectivity index (χ0v) is 13.4. The highest BCUT2D eigenvalue weighted by Gasteiger charge is 2.21. The number of benzene rings is 1. The summed E-state index contributed by atoms with van der Waals surface area (Å²) in [6, 6.07) is 7.91. The summed E-state index contributed by atoms with van der Waals surface area (Å²) in [6.45, 7) is 0. The highest BCUT2D eigenvalue weighted by molar-refractivity contribution is 7.93. The first-order chi connectivity index (χ1) is 11.3. The minimum Gasteiger partial charge on any atom is -0.489 e.